The topological polar surface area (TPSA) is 40.2 Å². The number of aromatic nitrogens is 1. The summed E-state index contributed by atoms with van der Waals surface area (Å²) in [6.45, 7) is 5.66. The minimum absolute atomic E-state index is 0.217. The van der Waals surface area contributed by atoms with E-state index in [0.717, 1.165) is 12.3 Å². The Morgan fingerprint density at radius 1 is 1.37 bits per heavy atom. The Labute approximate surface area is 114 Å². The van der Waals surface area contributed by atoms with Crippen LogP contribution in [0.3, 0.4) is 0 Å². The first kappa shape index (κ1) is 12.5. The van der Waals surface area contributed by atoms with Gasteiger partial charge in [0.2, 0.25) is 0 Å². The highest BCUT2D eigenvalue weighted by atomic mass is 16.5. The monoisotopic (exact) mass is 258 g/mol. The molecule has 0 aliphatic heterocycles. The fourth-order valence-electron chi connectivity index (χ4n) is 3.18. The molecule has 0 spiro atoms. The van der Waals surface area contributed by atoms with Crippen molar-refractivity contribution in [3.8, 4) is 5.75 Å². The average molecular weight is 258 g/mol. The zero-order chi connectivity index (χ0) is 13.6. The molecule has 2 aromatic rings. The second-order valence-corrected chi connectivity index (χ2v) is 5.62. The lowest BCUT2D eigenvalue weighted by atomic mass is 9.93. The van der Waals surface area contributed by atoms with Gasteiger partial charge in [-0.15, -0.1) is 0 Å². The van der Waals surface area contributed by atoms with Crippen molar-refractivity contribution in [3.63, 3.8) is 0 Å². The van der Waals surface area contributed by atoms with Crippen LogP contribution in [0.4, 0.5) is 0 Å². The van der Waals surface area contributed by atoms with Gasteiger partial charge < -0.3 is 15.0 Å². The molecule has 0 radical (unpaired) electrons. The third-order valence-electron chi connectivity index (χ3n) is 4.55. The second-order valence-electron chi connectivity index (χ2n) is 5.62. The molecule has 3 heteroatoms. The normalized spacial score (nSPS) is 16.8. The molecule has 0 unspecified atom stereocenters. The molecule has 0 atom stereocenters. The maximum Gasteiger partial charge on any atom is 0.120 e. The minimum atomic E-state index is 0.217. The van der Waals surface area contributed by atoms with Crippen molar-refractivity contribution in [1.82, 2.24) is 4.57 Å². The lowest BCUT2D eigenvalue weighted by Gasteiger charge is -2.14. The van der Waals surface area contributed by atoms with Gasteiger partial charge in [-0.3, -0.25) is 0 Å². The summed E-state index contributed by atoms with van der Waals surface area (Å²) in [6.07, 6.45) is 2.42. The van der Waals surface area contributed by atoms with Crippen molar-refractivity contribution in [2.75, 3.05) is 13.2 Å². The second kappa shape index (κ2) is 4.27. The first-order chi connectivity index (χ1) is 9.13. The molecule has 2 N–H and O–H groups in total. The van der Waals surface area contributed by atoms with Crippen molar-refractivity contribution in [2.24, 2.45) is 12.8 Å². The van der Waals surface area contributed by atoms with Gasteiger partial charge in [-0.05, 0) is 50.5 Å². The molecule has 1 saturated carbocycles. The van der Waals surface area contributed by atoms with E-state index in [0.29, 0.717) is 6.61 Å². The molecular formula is C16H22N2O. The highest BCUT2D eigenvalue weighted by Gasteiger charge is 2.45. The number of fused-ring (bicyclic) bond motifs is 1. The fraction of sp³-hybridized carbons (Fsp3) is 0.500. The summed E-state index contributed by atoms with van der Waals surface area (Å²) in [5.74, 6) is 0.953. The van der Waals surface area contributed by atoms with Crippen molar-refractivity contribution in [1.29, 1.82) is 0 Å². The van der Waals surface area contributed by atoms with Gasteiger partial charge in [0.1, 0.15) is 5.75 Å². The van der Waals surface area contributed by atoms with Gasteiger partial charge in [0.15, 0.2) is 0 Å². The molecule has 3 nitrogen and oxygen atoms in total. The van der Waals surface area contributed by atoms with Crippen LogP contribution in [0.1, 0.15) is 31.0 Å². The molecule has 102 valence electrons. The number of rotatable bonds is 4. The number of nitrogens with two attached hydrogens (primary N) is 1. The van der Waals surface area contributed by atoms with Gasteiger partial charge in [-0.2, -0.15) is 0 Å². The summed E-state index contributed by atoms with van der Waals surface area (Å²) < 4.78 is 7.92. The molecule has 1 aromatic carbocycles. The minimum Gasteiger partial charge on any atom is -0.494 e. The SMILES string of the molecule is CCOc1ccc2c(c1)c(C1(CN)CC1)c(C)n2C. The third-order valence-corrected chi connectivity index (χ3v) is 4.55. The zero-order valence-electron chi connectivity index (χ0n) is 12.0. The van der Waals surface area contributed by atoms with Crippen molar-refractivity contribution >= 4 is 10.9 Å². The number of hydrogen-bond acceptors (Lipinski definition) is 2. The Hall–Kier alpha value is -1.48. The predicted octanol–water partition coefficient (Wildman–Crippen LogP) is 2.88. The lowest BCUT2D eigenvalue weighted by Crippen LogP contribution is -2.20. The summed E-state index contributed by atoms with van der Waals surface area (Å²) in [5, 5.41) is 1.31. The molecule has 0 amide bonds. The summed E-state index contributed by atoms with van der Waals surface area (Å²) in [7, 11) is 2.13. The van der Waals surface area contributed by atoms with Crippen LogP contribution in [0.15, 0.2) is 18.2 Å². The number of ether oxygens (including phenoxy) is 1. The van der Waals surface area contributed by atoms with Crippen LogP contribution >= 0.6 is 0 Å². The van der Waals surface area contributed by atoms with Crippen LogP contribution in [-0.2, 0) is 12.5 Å². The van der Waals surface area contributed by atoms with Gasteiger partial charge in [-0.1, -0.05) is 0 Å². The van der Waals surface area contributed by atoms with E-state index in [1.807, 2.05) is 6.92 Å². The zero-order valence-corrected chi connectivity index (χ0v) is 12.0. The largest absolute Gasteiger partial charge is 0.494 e. The predicted molar refractivity (Wildman–Crippen MR) is 78.8 cm³/mol. The molecule has 3 rings (SSSR count). The number of aryl methyl sites for hydroxylation is 1. The van der Waals surface area contributed by atoms with Crippen molar-refractivity contribution < 1.29 is 4.74 Å². The first-order valence-electron chi connectivity index (χ1n) is 7.05. The molecule has 1 aliphatic carbocycles. The smallest absolute Gasteiger partial charge is 0.120 e. The summed E-state index contributed by atoms with van der Waals surface area (Å²) >= 11 is 0. The van der Waals surface area contributed by atoms with E-state index >= 15 is 0 Å². The number of hydrogen-bond donors (Lipinski definition) is 1. The summed E-state index contributed by atoms with van der Waals surface area (Å²) in [4.78, 5) is 0. The Morgan fingerprint density at radius 2 is 2.11 bits per heavy atom. The van der Waals surface area contributed by atoms with E-state index < -0.39 is 0 Å². The Kier molecular flexibility index (Phi) is 2.82. The standard InChI is InChI=1S/C16H22N2O/c1-4-19-12-5-6-14-13(9-12)15(11(2)18(14)3)16(10-17)7-8-16/h5-6,9H,4,7-8,10,17H2,1-3H3. The van der Waals surface area contributed by atoms with E-state index in [9.17, 15) is 0 Å². The molecule has 1 fully saturated rings. The molecule has 1 aliphatic rings. The van der Waals surface area contributed by atoms with E-state index in [1.54, 1.807) is 0 Å². The van der Waals surface area contributed by atoms with E-state index in [2.05, 4.69) is 36.7 Å². The van der Waals surface area contributed by atoms with Crippen LogP contribution in [0.25, 0.3) is 10.9 Å². The van der Waals surface area contributed by atoms with Crippen LogP contribution < -0.4 is 10.5 Å². The highest BCUT2D eigenvalue weighted by Crippen LogP contribution is 2.51. The molecular weight excluding hydrogens is 236 g/mol. The maximum atomic E-state index is 6.03. The number of benzene rings is 1. The lowest BCUT2D eigenvalue weighted by molar-refractivity contribution is 0.340. The summed E-state index contributed by atoms with van der Waals surface area (Å²) in [5.41, 5.74) is 10.3. The molecule has 0 bridgehead atoms. The molecule has 19 heavy (non-hydrogen) atoms. The van der Waals surface area contributed by atoms with Crippen LogP contribution in [0.2, 0.25) is 0 Å². The molecule has 1 heterocycles. The van der Waals surface area contributed by atoms with Gasteiger partial charge >= 0.3 is 0 Å². The Morgan fingerprint density at radius 3 is 2.68 bits per heavy atom. The molecule has 0 saturated heterocycles. The van der Waals surface area contributed by atoms with Gasteiger partial charge in [0.05, 0.1) is 6.61 Å². The van der Waals surface area contributed by atoms with E-state index in [4.69, 9.17) is 10.5 Å². The van der Waals surface area contributed by atoms with E-state index in [-0.39, 0.29) is 5.41 Å². The molecule has 1 aromatic heterocycles. The Balaban J connectivity index is 2.24. The highest BCUT2D eigenvalue weighted by molar-refractivity contribution is 5.88. The quantitative estimate of drug-likeness (QED) is 0.916. The maximum absolute atomic E-state index is 6.03. The third kappa shape index (κ3) is 1.76. The van der Waals surface area contributed by atoms with Gasteiger partial charge in [0, 0.05) is 35.6 Å². The van der Waals surface area contributed by atoms with Crippen LogP contribution in [-0.4, -0.2) is 17.7 Å². The van der Waals surface area contributed by atoms with Gasteiger partial charge in [-0.25, -0.2) is 0 Å². The van der Waals surface area contributed by atoms with Crippen molar-refractivity contribution in [2.45, 2.75) is 32.1 Å². The Bertz CT molecular complexity index is 623. The van der Waals surface area contributed by atoms with Crippen LogP contribution in [0, 0.1) is 6.92 Å². The van der Waals surface area contributed by atoms with E-state index in [1.165, 1.54) is 35.0 Å². The summed E-state index contributed by atoms with van der Waals surface area (Å²) in [6, 6.07) is 6.39. The van der Waals surface area contributed by atoms with Crippen LogP contribution in [0.5, 0.6) is 5.75 Å². The first-order valence-corrected chi connectivity index (χ1v) is 7.05. The average Bonchev–Trinajstić information content (AvgIpc) is 3.15. The van der Waals surface area contributed by atoms with Crippen molar-refractivity contribution in [3.05, 3.63) is 29.5 Å². The number of nitrogens with zero attached hydrogens (tertiary/aromatic N) is 1. The van der Waals surface area contributed by atoms with Gasteiger partial charge in [0.25, 0.3) is 0 Å². The fourth-order valence-corrected chi connectivity index (χ4v) is 3.18.